The second kappa shape index (κ2) is 5.51. The fourth-order valence-electron chi connectivity index (χ4n) is 0.587. The third-order valence-electron chi connectivity index (χ3n) is 1.70. The summed E-state index contributed by atoms with van der Waals surface area (Å²) in [5.74, 6) is -0.618. The Hall–Kier alpha value is -1.12. The van der Waals surface area contributed by atoms with Gasteiger partial charge in [-0.25, -0.2) is 0 Å². The molecule has 0 saturated carbocycles. The summed E-state index contributed by atoms with van der Waals surface area (Å²) in [6.45, 7) is 7.46. The van der Waals surface area contributed by atoms with E-state index in [4.69, 9.17) is 4.74 Å². The Morgan fingerprint density at radius 3 is 2.00 bits per heavy atom. The van der Waals surface area contributed by atoms with Crippen LogP contribution in [0.1, 0.15) is 34.1 Å². The van der Waals surface area contributed by atoms with E-state index in [1.165, 1.54) is 6.92 Å². The largest absolute Gasteiger partial charge is 0.461 e. The van der Waals surface area contributed by atoms with Crippen LogP contribution in [0.25, 0.3) is 0 Å². The van der Waals surface area contributed by atoms with Gasteiger partial charge in [0, 0.05) is 0 Å². The lowest BCUT2D eigenvalue weighted by Crippen LogP contribution is -2.10. The molecule has 0 rings (SSSR count). The molecule has 0 unspecified atom stereocenters. The predicted octanol–water partition coefficient (Wildman–Crippen LogP) is 1.86. The minimum atomic E-state index is -0.451. The Bertz CT molecular complexity index is 235. The SMILES string of the molecule is CC(=O)CC(=O)OCC(C)=C(C)C. The first-order valence-electron chi connectivity index (χ1n) is 4.21. The van der Waals surface area contributed by atoms with Crippen molar-refractivity contribution >= 4 is 11.8 Å². The molecule has 0 bridgehead atoms. The summed E-state index contributed by atoms with van der Waals surface area (Å²) in [6.07, 6.45) is -0.129. The predicted molar refractivity (Wildman–Crippen MR) is 50.3 cm³/mol. The summed E-state index contributed by atoms with van der Waals surface area (Å²) in [5.41, 5.74) is 2.16. The average molecular weight is 184 g/mol. The van der Waals surface area contributed by atoms with Crippen LogP contribution in [0.5, 0.6) is 0 Å². The zero-order valence-electron chi connectivity index (χ0n) is 8.64. The molecule has 0 aromatic carbocycles. The smallest absolute Gasteiger partial charge is 0.313 e. The topological polar surface area (TPSA) is 43.4 Å². The van der Waals surface area contributed by atoms with Gasteiger partial charge in [0.05, 0.1) is 0 Å². The van der Waals surface area contributed by atoms with E-state index >= 15 is 0 Å². The molecule has 3 heteroatoms. The Morgan fingerprint density at radius 2 is 1.62 bits per heavy atom. The highest BCUT2D eigenvalue weighted by atomic mass is 16.5. The number of hydrogen-bond donors (Lipinski definition) is 0. The maximum Gasteiger partial charge on any atom is 0.313 e. The normalized spacial score (nSPS) is 9.23. The standard InChI is InChI=1S/C10H16O3/c1-7(2)8(3)6-13-10(12)5-9(4)11/h5-6H2,1-4H3. The van der Waals surface area contributed by atoms with Crippen molar-refractivity contribution in [2.24, 2.45) is 0 Å². The molecule has 74 valence electrons. The highest BCUT2D eigenvalue weighted by Crippen LogP contribution is 2.02. The fourth-order valence-corrected chi connectivity index (χ4v) is 0.587. The van der Waals surface area contributed by atoms with E-state index in [1.807, 2.05) is 20.8 Å². The van der Waals surface area contributed by atoms with Crippen molar-refractivity contribution in [2.45, 2.75) is 34.1 Å². The van der Waals surface area contributed by atoms with Gasteiger partial charge in [0.1, 0.15) is 18.8 Å². The summed E-state index contributed by atoms with van der Waals surface area (Å²) < 4.78 is 4.86. The first-order valence-corrected chi connectivity index (χ1v) is 4.21. The molecule has 3 nitrogen and oxygen atoms in total. The van der Waals surface area contributed by atoms with Gasteiger partial charge >= 0.3 is 5.97 Å². The number of rotatable bonds is 4. The third kappa shape index (κ3) is 6.08. The van der Waals surface area contributed by atoms with E-state index in [9.17, 15) is 9.59 Å². The van der Waals surface area contributed by atoms with Crippen molar-refractivity contribution < 1.29 is 14.3 Å². The number of allylic oxidation sites excluding steroid dienone is 1. The summed E-state index contributed by atoms with van der Waals surface area (Å²) in [6, 6.07) is 0. The monoisotopic (exact) mass is 184 g/mol. The summed E-state index contributed by atoms with van der Waals surface area (Å²) in [7, 11) is 0. The van der Waals surface area contributed by atoms with Gasteiger partial charge < -0.3 is 4.74 Å². The molecular weight excluding hydrogens is 168 g/mol. The Kier molecular flexibility index (Phi) is 5.04. The highest BCUT2D eigenvalue weighted by Gasteiger charge is 2.06. The fraction of sp³-hybridized carbons (Fsp3) is 0.600. The first kappa shape index (κ1) is 11.9. The molecule has 0 fully saturated rings. The molecule has 0 aliphatic heterocycles. The van der Waals surface area contributed by atoms with Crippen molar-refractivity contribution in [1.29, 1.82) is 0 Å². The molecule has 0 aromatic heterocycles. The number of hydrogen-bond acceptors (Lipinski definition) is 3. The van der Waals surface area contributed by atoms with Gasteiger partial charge in [0.25, 0.3) is 0 Å². The lowest BCUT2D eigenvalue weighted by molar-refractivity contribution is -0.144. The highest BCUT2D eigenvalue weighted by molar-refractivity contribution is 5.94. The van der Waals surface area contributed by atoms with E-state index in [2.05, 4.69) is 0 Å². The van der Waals surface area contributed by atoms with Crippen LogP contribution in [0, 0.1) is 0 Å². The molecule has 0 radical (unpaired) electrons. The zero-order valence-corrected chi connectivity index (χ0v) is 8.64. The zero-order chi connectivity index (χ0) is 10.4. The van der Waals surface area contributed by atoms with Crippen molar-refractivity contribution in [2.75, 3.05) is 6.61 Å². The number of ketones is 1. The minimum absolute atomic E-state index is 0.129. The Labute approximate surface area is 78.8 Å². The molecule has 0 aliphatic rings. The second-order valence-corrected chi connectivity index (χ2v) is 3.32. The number of ether oxygens (including phenoxy) is 1. The summed E-state index contributed by atoms with van der Waals surface area (Å²) in [5, 5.41) is 0. The minimum Gasteiger partial charge on any atom is -0.461 e. The maximum absolute atomic E-state index is 10.9. The van der Waals surface area contributed by atoms with E-state index in [-0.39, 0.29) is 18.8 Å². The van der Waals surface area contributed by atoms with Crippen LogP contribution in [0.3, 0.4) is 0 Å². The van der Waals surface area contributed by atoms with Crippen LogP contribution >= 0.6 is 0 Å². The molecule has 0 aliphatic carbocycles. The number of carbonyl (C=O) groups excluding carboxylic acids is 2. The Morgan fingerprint density at radius 1 is 1.08 bits per heavy atom. The molecular formula is C10H16O3. The first-order chi connectivity index (χ1) is 5.93. The van der Waals surface area contributed by atoms with Gasteiger partial charge in [0.15, 0.2) is 0 Å². The maximum atomic E-state index is 10.9. The van der Waals surface area contributed by atoms with Crippen molar-refractivity contribution in [3.05, 3.63) is 11.1 Å². The van der Waals surface area contributed by atoms with E-state index in [0.717, 1.165) is 11.1 Å². The number of esters is 1. The molecule has 0 spiro atoms. The van der Waals surface area contributed by atoms with E-state index in [0.29, 0.717) is 0 Å². The molecule has 0 heterocycles. The quantitative estimate of drug-likeness (QED) is 0.380. The molecule has 0 saturated heterocycles. The van der Waals surface area contributed by atoms with Crippen molar-refractivity contribution in [3.8, 4) is 0 Å². The second-order valence-electron chi connectivity index (χ2n) is 3.32. The van der Waals surface area contributed by atoms with Gasteiger partial charge in [-0.3, -0.25) is 9.59 Å². The number of carbonyl (C=O) groups is 2. The van der Waals surface area contributed by atoms with Crippen molar-refractivity contribution in [1.82, 2.24) is 0 Å². The van der Waals surface area contributed by atoms with Gasteiger partial charge in [0.2, 0.25) is 0 Å². The van der Waals surface area contributed by atoms with E-state index < -0.39 is 5.97 Å². The van der Waals surface area contributed by atoms with E-state index in [1.54, 1.807) is 0 Å². The summed E-state index contributed by atoms with van der Waals surface area (Å²) in [4.78, 5) is 21.4. The van der Waals surface area contributed by atoms with Crippen LogP contribution in [-0.2, 0) is 14.3 Å². The number of Topliss-reactive ketones (excluding diaryl/α,β-unsaturated/α-hetero) is 1. The molecule has 13 heavy (non-hydrogen) atoms. The lowest BCUT2D eigenvalue weighted by atomic mass is 10.2. The van der Waals surface area contributed by atoms with Crippen LogP contribution in [-0.4, -0.2) is 18.4 Å². The van der Waals surface area contributed by atoms with Crippen LogP contribution in [0.15, 0.2) is 11.1 Å². The summed E-state index contributed by atoms with van der Waals surface area (Å²) >= 11 is 0. The molecule has 0 N–H and O–H groups in total. The van der Waals surface area contributed by atoms with Gasteiger partial charge in [-0.1, -0.05) is 5.57 Å². The van der Waals surface area contributed by atoms with Gasteiger partial charge in [-0.05, 0) is 33.3 Å². The van der Waals surface area contributed by atoms with Crippen LogP contribution < -0.4 is 0 Å². The lowest BCUT2D eigenvalue weighted by Gasteiger charge is -2.05. The third-order valence-corrected chi connectivity index (χ3v) is 1.70. The molecule has 0 atom stereocenters. The van der Waals surface area contributed by atoms with Gasteiger partial charge in [-0.2, -0.15) is 0 Å². The van der Waals surface area contributed by atoms with Crippen molar-refractivity contribution in [3.63, 3.8) is 0 Å². The molecule has 0 aromatic rings. The van der Waals surface area contributed by atoms with Crippen LogP contribution in [0.2, 0.25) is 0 Å². The average Bonchev–Trinajstić information content (AvgIpc) is 1.98. The van der Waals surface area contributed by atoms with Gasteiger partial charge in [-0.15, -0.1) is 0 Å². The Balaban J connectivity index is 3.84. The van der Waals surface area contributed by atoms with Crippen LogP contribution in [0.4, 0.5) is 0 Å². The molecule has 0 amide bonds.